The number of methoxy groups -OCH3 is 3. The minimum Gasteiger partial charge on any atom is -0.466 e. The lowest BCUT2D eigenvalue weighted by atomic mass is 10.0. The van der Waals surface area contributed by atoms with Gasteiger partial charge in [0.05, 0.1) is 33.0 Å². The predicted molar refractivity (Wildman–Crippen MR) is 98.9 cm³/mol. The summed E-state index contributed by atoms with van der Waals surface area (Å²) in [6, 6.07) is 10.4. The summed E-state index contributed by atoms with van der Waals surface area (Å²) < 4.78 is 27.6. The van der Waals surface area contributed by atoms with E-state index in [0.717, 1.165) is 12.1 Å². The lowest BCUT2D eigenvalue weighted by Crippen LogP contribution is -2.15. The monoisotopic (exact) mass is 387 g/mol. The lowest BCUT2D eigenvalue weighted by molar-refractivity contribution is -0.138. The summed E-state index contributed by atoms with van der Waals surface area (Å²) in [5.41, 5.74) is 1.57. The molecule has 0 radical (unpaired) electrons. The second-order valence-electron chi connectivity index (χ2n) is 5.50. The zero-order valence-corrected chi connectivity index (χ0v) is 15.4. The molecule has 0 spiro atoms. The molecule has 0 aromatic heterocycles. The second-order valence-corrected chi connectivity index (χ2v) is 5.50. The molecule has 0 aliphatic rings. The number of hydrogen-bond donors (Lipinski definition) is 1. The molecule has 0 bridgehead atoms. The van der Waals surface area contributed by atoms with Crippen LogP contribution in [0.3, 0.4) is 0 Å². The van der Waals surface area contributed by atoms with Crippen molar-refractivity contribution in [1.29, 1.82) is 0 Å². The highest BCUT2D eigenvalue weighted by Crippen LogP contribution is 2.24. The number of halogens is 1. The van der Waals surface area contributed by atoms with Crippen LogP contribution >= 0.6 is 0 Å². The Kier molecular flexibility index (Phi) is 6.86. The van der Waals surface area contributed by atoms with E-state index >= 15 is 0 Å². The smallest absolute Gasteiger partial charge is 0.354 e. The van der Waals surface area contributed by atoms with E-state index in [4.69, 9.17) is 0 Å². The Morgan fingerprint density at radius 3 is 2.14 bits per heavy atom. The molecule has 2 rings (SSSR count). The van der Waals surface area contributed by atoms with E-state index in [1.807, 2.05) is 0 Å². The van der Waals surface area contributed by atoms with Crippen LogP contribution in [0.25, 0.3) is 11.1 Å². The summed E-state index contributed by atoms with van der Waals surface area (Å²) in [7, 11) is 3.58. The fourth-order valence-electron chi connectivity index (χ4n) is 2.33. The largest absolute Gasteiger partial charge is 0.466 e. The van der Waals surface area contributed by atoms with Crippen LogP contribution < -0.4 is 5.32 Å². The van der Waals surface area contributed by atoms with Gasteiger partial charge in [-0.3, -0.25) is 0 Å². The summed E-state index contributed by atoms with van der Waals surface area (Å²) in [4.78, 5) is 34.8. The highest BCUT2D eigenvalue weighted by Gasteiger charge is 2.13. The normalized spacial score (nSPS) is 10.8. The first-order valence-electron chi connectivity index (χ1n) is 8.02. The van der Waals surface area contributed by atoms with Gasteiger partial charge in [0.15, 0.2) is 0 Å². The second kappa shape index (κ2) is 9.31. The fourth-order valence-corrected chi connectivity index (χ4v) is 2.33. The molecule has 0 aliphatic carbocycles. The maximum Gasteiger partial charge on any atom is 0.354 e. The zero-order chi connectivity index (χ0) is 20.7. The minimum absolute atomic E-state index is 0.0914. The van der Waals surface area contributed by atoms with Gasteiger partial charge in [0, 0.05) is 5.69 Å². The molecule has 8 heteroatoms. The van der Waals surface area contributed by atoms with Gasteiger partial charge in [-0.05, 0) is 41.5 Å². The molecule has 146 valence electrons. The molecule has 0 fully saturated rings. The maximum absolute atomic E-state index is 13.8. The predicted octanol–water partition coefficient (Wildman–Crippen LogP) is 2.92. The lowest BCUT2D eigenvalue weighted by Gasteiger charge is -2.10. The molecular weight excluding hydrogens is 369 g/mol. The molecule has 0 saturated carbocycles. The number of hydrogen-bond acceptors (Lipinski definition) is 7. The Balaban J connectivity index is 2.29. The SMILES string of the molecule is COC(=O)/C=C(/Nc1ccc(-c2cc(F)cc(C(=O)OC)c2)cc1)C(=O)OC. The molecule has 0 amide bonds. The topological polar surface area (TPSA) is 90.9 Å². The Morgan fingerprint density at radius 1 is 0.893 bits per heavy atom. The van der Waals surface area contributed by atoms with Crippen molar-refractivity contribution in [3.8, 4) is 11.1 Å². The number of carbonyl (C=O) groups is 3. The zero-order valence-electron chi connectivity index (χ0n) is 15.4. The molecule has 0 unspecified atom stereocenters. The number of benzene rings is 2. The molecule has 1 N–H and O–H groups in total. The molecular formula is C20H18FNO6. The van der Waals surface area contributed by atoms with Gasteiger partial charge in [-0.15, -0.1) is 0 Å². The van der Waals surface area contributed by atoms with Crippen LogP contribution in [0.2, 0.25) is 0 Å². The Labute approximate surface area is 160 Å². The molecule has 2 aromatic rings. The van der Waals surface area contributed by atoms with Crippen molar-refractivity contribution in [2.75, 3.05) is 26.6 Å². The minimum atomic E-state index is -0.748. The van der Waals surface area contributed by atoms with E-state index in [0.29, 0.717) is 16.8 Å². The van der Waals surface area contributed by atoms with Crippen molar-refractivity contribution in [3.63, 3.8) is 0 Å². The Bertz CT molecular complexity index is 921. The molecule has 0 aliphatic heterocycles. The van der Waals surface area contributed by atoms with E-state index < -0.39 is 23.7 Å². The van der Waals surface area contributed by atoms with Crippen molar-refractivity contribution in [3.05, 3.63) is 65.6 Å². The van der Waals surface area contributed by atoms with Crippen LogP contribution in [-0.4, -0.2) is 39.2 Å². The third-order valence-electron chi connectivity index (χ3n) is 3.68. The first-order chi connectivity index (χ1) is 13.4. The highest BCUT2D eigenvalue weighted by molar-refractivity contribution is 5.98. The average molecular weight is 387 g/mol. The van der Waals surface area contributed by atoms with E-state index in [1.165, 1.54) is 33.5 Å². The van der Waals surface area contributed by atoms with Crippen molar-refractivity contribution in [2.24, 2.45) is 0 Å². The van der Waals surface area contributed by atoms with Crippen LogP contribution in [0.4, 0.5) is 10.1 Å². The van der Waals surface area contributed by atoms with Gasteiger partial charge in [0.25, 0.3) is 0 Å². The van der Waals surface area contributed by atoms with Crippen molar-refractivity contribution in [1.82, 2.24) is 0 Å². The Hall–Kier alpha value is -3.68. The van der Waals surface area contributed by atoms with E-state index in [2.05, 4.69) is 19.5 Å². The van der Waals surface area contributed by atoms with Gasteiger partial charge < -0.3 is 19.5 Å². The molecule has 28 heavy (non-hydrogen) atoms. The van der Waals surface area contributed by atoms with E-state index in [1.54, 1.807) is 24.3 Å². The van der Waals surface area contributed by atoms with Gasteiger partial charge in [0.1, 0.15) is 11.5 Å². The van der Waals surface area contributed by atoms with Gasteiger partial charge in [-0.25, -0.2) is 18.8 Å². The third kappa shape index (κ3) is 5.16. The summed E-state index contributed by atoms with van der Waals surface area (Å²) in [5, 5.41) is 2.76. The van der Waals surface area contributed by atoms with Gasteiger partial charge in [-0.1, -0.05) is 12.1 Å². The van der Waals surface area contributed by atoms with Crippen LogP contribution in [0.15, 0.2) is 54.2 Å². The van der Waals surface area contributed by atoms with Gasteiger partial charge in [-0.2, -0.15) is 0 Å². The number of esters is 3. The van der Waals surface area contributed by atoms with E-state index in [-0.39, 0.29) is 11.3 Å². The first-order valence-corrected chi connectivity index (χ1v) is 8.02. The number of rotatable bonds is 6. The van der Waals surface area contributed by atoms with Crippen molar-refractivity contribution < 1.29 is 33.0 Å². The summed E-state index contributed by atoms with van der Waals surface area (Å²) in [6.45, 7) is 0. The van der Waals surface area contributed by atoms with Crippen LogP contribution in [0.5, 0.6) is 0 Å². The quantitative estimate of drug-likeness (QED) is 0.463. The number of ether oxygens (including phenoxy) is 3. The highest BCUT2D eigenvalue weighted by atomic mass is 19.1. The summed E-state index contributed by atoms with van der Waals surface area (Å²) in [5.74, 6) is -2.69. The molecule has 0 atom stereocenters. The number of anilines is 1. The molecule has 0 saturated heterocycles. The fraction of sp³-hybridized carbons (Fsp3) is 0.150. The summed E-state index contributed by atoms with van der Waals surface area (Å²) in [6.07, 6.45) is 0.967. The van der Waals surface area contributed by atoms with Crippen molar-refractivity contribution in [2.45, 2.75) is 0 Å². The standard InChI is InChI=1S/C20H18FNO6/c1-26-18(23)11-17(20(25)28-3)22-16-6-4-12(5-7-16)13-8-14(19(24)27-2)10-15(21)9-13/h4-11,22H,1-3H3/b17-11+. The number of carbonyl (C=O) groups excluding carboxylic acids is 3. The van der Waals surface area contributed by atoms with Gasteiger partial charge >= 0.3 is 17.9 Å². The molecule has 0 heterocycles. The molecule has 2 aromatic carbocycles. The van der Waals surface area contributed by atoms with E-state index in [9.17, 15) is 18.8 Å². The van der Waals surface area contributed by atoms with Crippen LogP contribution in [-0.2, 0) is 23.8 Å². The van der Waals surface area contributed by atoms with Crippen molar-refractivity contribution >= 4 is 23.6 Å². The third-order valence-corrected chi connectivity index (χ3v) is 3.68. The number of nitrogens with one attached hydrogen (secondary N) is 1. The first kappa shape index (κ1) is 20.6. The average Bonchev–Trinajstić information content (AvgIpc) is 2.71. The van der Waals surface area contributed by atoms with Crippen LogP contribution in [0, 0.1) is 5.82 Å². The molecule has 7 nitrogen and oxygen atoms in total. The summed E-state index contributed by atoms with van der Waals surface area (Å²) >= 11 is 0. The maximum atomic E-state index is 13.8. The van der Waals surface area contributed by atoms with Gasteiger partial charge in [0.2, 0.25) is 0 Å². The Morgan fingerprint density at radius 2 is 1.57 bits per heavy atom. The van der Waals surface area contributed by atoms with Crippen LogP contribution in [0.1, 0.15) is 10.4 Å².